The number of carbonyl (C=O) groups is 2. The van der Waals surface area contributed by atoms with Crippen LogP contribution in [0.25, 0.3) is 0 Å². The fraction of sp³-hybridized carbons (Fsp3) is 0.385. The normalized spacial score (nSPS) is 10.9. The van der Waals surface area contributed by atoms with Gasteiger partial charge in [0.05, 0.1) is 11.6 Å². The number of nitrogens with one attached hydrogen (secondary N) is 1. The van der Waals surface area contributed by atoms with Crippen LogP contribution in [0.3, 0.4) is 0 Å². The molecule has 1 aromatic rings. The molecule has 1 rings (SSSR count). The number of carbonyl (C=O) groups excluding carboxylic acids is 1. The SMILES string of the molecule is COc1ccc(CNC(=O)C(C)(C)C(=O)O)cc1Br. The van der Waals surface area contributed by atoms with E-state index >= 15 is 0 Å². The molecule has 1 amide bonds. The predicted octanol–water partition coefficient (Wildman–Crippen LogP) is 2.18. The lowest BCUT2D eigenvalue weighted by atomic mass is 9.92. The molecular formula is C13H16BrNO4. The molecule has 0 aliphatic carbocycles. The van der Waals surface area contributed by atoms with Gasteiger partial charge in [-0.25, -0.2) is 0 Å². The van der Waals surface area contributed by atoms with Crippen molar-refractivity contribution in [1.82, 2.24) is 5.32 Å². The van der Waals surface area contributed by atoms with Crippen molar-refractivity contribution in [3.63, 3.8) is 0 Å². The maximum atomic E-state index is 11.8. The molecular weight excluding hydrogens is 314 g/mol. The molecule has 0 aromatic heterocycles. The zero-order chi connectivity index (χ0) is 14.6. The van der Waals surface area contributed by atoms with E-state index in [0.29, 0.717) is 5.75 Å². The van der Waals surface area contributed by atoms with Gasteiger partial charge in [0.15, 0.2) is 0 Å². The maximum absolute atomic E-state index is 11.8. The van der Waals surface area contributed by atoms with Gasteiger partial charge in [-0.1, -0.05) is 6.07 Å². The molecule has 19 heavy (non-hydrogen) atoms. The average molecular weight is 330 g/mol. The number of hydrogen-bond donors (Lipinski definition) is 2. The molecule has 2 N–H and O–H groups in total. The van der Waals surface area contributed by atoms with Gasteiger partial charge in [-0.2, -0.15) is 0 Å². The molecule has 0 aliphatic heterocycles. The van der Waals surface area contributed by atoms with Crippen LogP contribution in [0.15, 0.2) is 22.7 Å². The van der Waals surface area contributed by atoms with Crippen LogP contribution in [-0.2, 0) is 16.1 Å². The highest BCUT2D eigenvalue weighted by molar-refractivity contribution is 9.10. The average Bonchev–Trinajstić information content (AvgIpc) is 2.35. The van der Waals surface area contributed by atoms with Crippen molar-refractivity contribution < 1.29 is 19.4 Å². The molecule has 0 spiro atoms. The van der Waals surface area contributed by atoms with Crippen LogP contribution in [0.2, 0.25) is 0 Å². The summed E-state index contributed by atoms with van der Waals surface area (Å²) in [4.78, 5) is 22.7. The van der Waals surface area contributed by atoms with Crippen molar-refractivity contribution in [3.05, 3.63) is 28.2 Å². The third kappa shape index (κ3) is 3.70. The van der Waals surface area contributed by atoms with Gasteiger partial charge in [-0.15, -0.1) is 0 Å². The molecule has 5 nitrogen and oxygen atoms in total. The minimum absolute atomic E-state index is 0.262. The number of carboxylic acids is 1. The van der Waals surface area contributed by atoms with Crippen LogP contribution >= 0.6 is 15.9 Å². The third-order valence-corrected chi connectivity index (χ3v) is 3.39. The van der Waals surface area contributed by atoms with Crippen molar-refractivity contribution >= 4 is 27.8 Å². The number of methoxy groups -OCH3 is 1. The Kier molecular flexibility index (Phi) is 4.94. The summed E-state index contributed by atoms with van der Waals surface area (Å²) in [5.41, 5.74) is -0.591. The van der Waals surface area contributed by atoms with E-state index in [1.54, 1.807) is 19.2 Å². The van der Waals surface area contributed by atoms with Crippen molar-refractivity contribution in [2.24, 2.45) is 5.41 Å². The lowest BCUT2D eigenvalue weighted by molar-refractivity contribution is -0.153. The molecule has 104 valence electrons. The van der Waals surface area contributed by atoms with Crippen LogP contribution in [0, 0.1) is 5.41 Å². The summed E-state index contributed by atoms with van der Waals surface area (Å²) in [6.45, 7) is 3.00. The van der Waals surface area contributed by atoms with Gasteiger partial charge in [0.2, 0.25) is 5.91 Å². The minimum Gasteiger partial charge on any atom is -0.496 e. The Balaban J connectivity index is 2.70. The fourth-order valence-corrected chi connectivity index (χ4v) is 1.91. The summed E-state index contributed by atoms with van der Waals surface area (Å²) < 4.78 is 5.88. The van der Waals surface area contributed by atoms with E-state index in [2.05, 4.69) is 21.2 Å². The molecule has 0 unspecified atom stereocenters. The van der Waals surface area contributed by atoms with Crippen molar-refractivity contribution in [1.29, 1.82) is 0 Å². The van der Waals surface area contributed by atoms with Crippen LogP contribution < -0.4 is 10.1 Å². The molecule has 0 heterocycles. The van der Waals surface area contributed by atoms with Gasteiger partial charge >= 0.3 is 5.97 Å². The van der Waals surface area contributed by atoms with E-state index in [0.717, 1.165) is 10.0 Å². The van der Waals surface area contributed by atoms with E-state index in [1.165, 1.54) is 13.8 Å². The van der Waals surface area contributed by atoms with Crippen LogP contribution in [0.5, 0.6) is 5.75 Å². The molecule has 1 aromatic carbocycles. The van der Waals surface area contributed by atoms with E-state index in [-0.39, 0.29) is 6.54 Å². The molecule has 0 saturated carbocycles. The zero-order valence-electron chi connectivity index (χ0n) is 11.0. The number of aliphatic carboxylic acids is 1. The van der Waals surface area contributed by atoms with Gasteiger partial charge < -0.3 is 15.2 Å². The zero-order valence-corrected chi connectivity index (χ0v) is 12.6. The number of halogens is 1. The maximum Gasteiger partial charge on any atom is 0.318 e. The summed E-state index contributed by atoms with van der Waals surface area (Å²) in [7, 11) is 1.57. The molecule has 0 aliphatic rings. The van der Waals surface area contributed by atoms with E-state index in [4.69, 9.17) is 9.84 Å². The third-order valence-electron chi connectivity index (χ3n) is 2.77. The highest BCUT2D eigenvalue weighted by atomic mass is 79.9. The molecule has 0 radical (unpaired) electrons. The molecule has 6 heteroatoms. The second kappa shape index (κ2) is 6.06. The van der Waals surface area contributed by atoms with Crippen molar-refractivity contribution in [2.45, 2.75) is 20.4 Å². The van der Waals surface area contributed by atoms with Crippen molar-refractivity contribution in [3.8, 4) is 5.75 Å². The summed E-state index contributed by atoms with van der Waals surface area (Å²) in [5, 5.41) is 11.5. The highest BCUT2D eigenvalue weighted by Gasteiger charge is 2.35. The first-order valence-electron chi connectivity index (χ1n) is 5.63. The van der Waals surface area contributed by atoms with E-state index < -0.39 is 17.3 Å². The Hall–Kier alpha value is -1.56. The topological polar surface area (TPSA) is 75.6 Å². The van der Waals surface area contributed by atoms with Crippen molar-refractivity contribution in [2.75, 3.05) is 7.11 Å². The first kappa shape index (κ1) is 15.5. The first-order valence-corrected chi connectivity index (χ1v) is 6.42. The van der Waals surface area contributed by atoms with Crippen LogP contribution in [-0.4, -0.2) is 24.1 Å². The number of hydrogen-bond acceptors (Lipinski definition) is 3. The summed E-state index contributed by atoms with van der Waals surface area (Å²) in [6.07, 6.45) is 0. The largest absolute Gasteiger partial charge is 0.496 e. The molecule has 0 fully saturated rings. The monoisotopic (exact) mass is 329 g/mol. The molecule has 0 atom stereocenters. The van der Waals surface area contributed by atoms with E-state index in [1.807, 2.05) is 6.07 Å². The number of rotatable bonds is 5. The Bertz CT molecular complexity index is 499. The lowest BCUT2D eigenvalue weighted by Crippen LogP contribution is -2.41. The molecule has 0 bridgehead atoms. The fourth-order valence-electron chi connectivity index (χ4n) is 1.32. The smallest absolute Gasteiger partial charge is 0.318 e. The second-order valence-electron chi connectivity index (χ2n) is 4.58. The Morgan fingerprint density at radius 3 is 2.53 bits per heavy atom. The Morgan fingerprint density at radius 1 is 1.42 bits per heavy atom. The second-order valence-corrected chi connectivity index (χ2v) is 5.44. The Morgan fingerprint density at radius 2 is 2.05 bits per heavy atom. The molecule has 0 saturated heterocycles. The quantitative estimate of drug-likeness (QED) is 0.812. The Labute approximate surface area is 120 Å². The van der Waals surface area contributed by atoms with Gasteiger partial charge in [-0.05, 0) is 47.5 Å². The van der Waals surface area contributed by atoms with Gasteiger partial charge in [0.1, 0.15) is 11.2 Å². The number of amides is 1. The number of ether oxygens (including phenoxy) is 1. The first-order chi connectivity index (χ1) is 8.78. The summed E-state index contributed by atoms with van der Waals surface area (Å²) >= 11 is 3.35. The van der Waals surface area contributed by atoms with Gasteiger partial charge in [-0.3, -0.25) is 9.59 Å². The summed E-state index contributed by atoms with van der Waals surface area (Å²) in [6, 6.07) is 5.39. The minimum atomic E-state index is -1.44. The predicted molar refractivity (Wildman–Crippen MR) is 74.0 cm³/mol. The number of carboxylic acid groups (broad SMARTS) is 1. The van der Waals surface area contributed by atoms with E-state index in [9.17, 15) is 9.59 Å². The standard InChI is InChI=1S/C13H16BrNO4/c1-13(2,12(17)18)11(16)15-7-8-4-5-10(19-3)9(14)6-8/h4-6H,7H2,1-3H3,(H,15,16)(H,17,18). The summed E-state index contributed by atoms with van der Waals surface area (Å²) in [5.74, 6) is -0.978. The lowest BCUT2D eigenvalue weighted by Gasteiger charge is -2.18. The van der Waals surface area contributed by atoms with Gasteiger partial charge in [0, 0.05) is 6.54 Å². The van der Waals surface area contributed by atoms with Crippen LogP contribution in [0.4, 0.5) is 0 Å². The number of benzene rings is 1. The van der Waals surface area contributed by atoms with Gasteiger partial charge in [0.25, 0.3) is 0 Å². The van der Waals surface area contributed by atoms with Crippen LogP contribution in [0.1, 0.15) is 19.4 Å². The highest BCUT2D eigenvalue weighted by Crippen LogP contribution is 2.25.